The van der Waals surface area contributed by atoms with Crippen molar-refractivity contribution in [2.24, 2.45) is 23.2 Å². The second kappa shape index (κ2) is 8.16. The first kappa shape index (κ1) is 20.9. The topological polar surface area (TPSA) is 42.0 Å². The molecular formula is C26H36N2O3. The summed E-state index contributed by atoms with van der Waals surface area (Å²) in [5, 5.41) is 0. The van der Waals surface area contributed by atoms with Gasteiger partial charge >= 0.3 is 5.97 Å². The van der Waals surface area contributed by atoms with E-state index >= 15 is 0 Å². The third-order valence-electron chi connectivity index (χ3n) is 8.57. The van der Waals surface area contributed by atoms with Gasteiger partial charge in [0.05, 0.1) is 13.0 Å². The smallest absolute Gasteiger partial charge is 0.310 e. The number of rotatable bonds is 4. The number of anilines is 1. The first-order chi connectivity index (χ1) is 15.0. The van der Waals surface area contributed by atoms with Crippen molar-refractivity contribution in [1.29, 1.82) is 0 Å². The Morgan fingerprint density at radius 1 is 1.26 bits per heavy atom. The minimum Gasteiger partial charge on any atom is -0.497 e. The summed E-state index contributed by atoms with van der Waals surface area (Å²) >= 11 is 0. The Hall–Kier alpha value is -2.01. The normalized spacial score (nSPS) is 36.0. The highest BCUT2D eigenvalue weighted by molar-refractivity contribution is 5.75. The lowest BCUT2D eigenvalue weighted by Gasteiger charge is -2.50. The number of carbonyl (C=O) groups is 1. The fourth-order valence-corrected chi connectivity index (χ4v) is 6.74. The number of carbonyl (C=O) groups excluding carboxylic acids is 1. The Kier molecular flexibility index (Phi) is 5.49. The number of hydrogen-bond donors (Lipinski definition) is 0. The molecule has 2 saturated heterocycles. The van der Waals surface area contributed by atoms with Crippen LogP contribution in [0.2, 0.25) is 0 Å². The van der Waals surface area contributed by atoms with E-state index in [1.54, 1.807) is 7.11 Å². The van der Waals surface area contributed by atoms with Crippen LogP contribution >= 0.6 is 0 Å². The van der Waals surface area contributed by atoms with Crippen LogP contribution in [0, 0.1) is 23.2 Å². The molecule has 31 heavy (non-hydrogen) atoms. The third kappa shape index (κ3) is 3.86. The van der Waals surface area contributed by atoms with Gasteiger partial charge in [-0.25, -0.2) is 0 Å². The number of ether oxygens (including phenoxy) is 2. The molecule has 2 aliphatic heterocycles. The van der Waals surface area contributed by atoms with Crippen LogP contribution in [0.1, 0.15) is 39.0 Å². The fraction of sp³-hybridized carbons (Fsp3) is 0.654. The molecule has 5 heteroatoms. The maximum Gasteiger partial charge on any atom is 0.310 e. The summed E-state index contributed by atoms with van der Waals surface area (Å²) in [4.78, 5) is 17.7. The largest absolute Gasteiger partial charge is 0.497 e. The third-order valence-corrected chi connectivity index (χ3v) is 8.57. The molecule has 0 unspecified atom stereocenters. The second-order valence-corrected chi connectivity index (χ2v) is 10.4. The molecule has 2 saturated carbocycles. The summed E-state index contributed by atoms with van der Waals surface area (Å²) in [6, 6.07) is 8.28. The summed E-state index contributed by atoms with van der Waals surface area (Å²) in [6.07, 6.45) is 5.85. The molecule has 0 bridgehead atoms. The molecule has 2 aliphatic carbocycles. The van der Waals surface area contributed by atoms with Crippen molar-refractivity contribution in [1.82, 2.24) is 4.90 Å². The van der Waals surface area contributed by atoms with Crippen molar-refractivity contribution >= 4 is 11.7 Å². The van der Waals surface area contributed by atoms with Crippen LogP contribution in [0.4, 0.5) is 5.69 Å². The molecule has 4 aliphatic rings. The van der Waals surface area contributed by atoms with Crippen molar-refractivity contribution in [3.63, 3.8) is 0 Å². The van der Waals surface area contributed by atoms with Crippen LogP contribution in [-0.2, 0) is 9.53 Å². The van der Waals surface area contributed by atoms with E-state index in [0.29, 0.717) is 11.8 Å². The van der Waals surface area contributed by atoms with E-state index < -0.39 is 0 Å². The van der Waals surface area contributed by atoms with Gasteiger partial charge in [0.1, 0.15) is 11.9 Å². The minimum absolute atomic E-state index is 0.0210. The predicted octanol–water partition coefficient (Wildman–Crippen LogP) is 4.13. The van der Waals surface area contributed by atoms with Crippen LogP contribution in [-0.4, -0.2) is 56.8 Å². The summed E-state index contributed by atoms with van der Waals surface area (Å²) in [5.74, 6) is 1.88. The summed E-state index contributed by atoms with van der Waals surface area (Å²) in [6.45, 7) is 11.6. The highest BCUT2D eigenvalue weighted by Crippen LogP contribution is 2.56. The molecule has 5 rings (SSSR count). The van der Waals surface area contributed by atoms with Gasteiger partial charge in [-0.15, -0.1) is 0 Å². The number of hydrogen-bond acceptors (Lipinski definition) is 5. The molecule has 4 fully saturated rings. The van der Waals surface area contributed by atoms with Crippen LogP contribution in [0.25, 0.3) is 0 Å². The van der Waals surface area contributed by atoms with Gasteiger partial charge in [-0.2, -0.15) is 0 Å². The van der Waals surface area contributed by atoms with E-state index in [1.165, 1.54) is 24.1 Å². The van der Waals surface area contributed by atoms with Crippen LogP contribution in [0.3, 0.4) is 0 Å². The van der Waals surface area contributed by atoms with Gasteiger partial charge in [0, 0.05) is 50.4 Å². The van der Waals surface area contributed by atoms with E-state index in [0.717, 1.165) is 57.7 Å². The first-order valence-corrected chi connectivity index (χ1v) is 12.0. The lowest BCUT2D eigenvalue weighted by Crippen LogP contribution is -2.50. The molecule has 1 aromatic rings. The van der Waals surface area contributed by atoms with E-state index in [1.807, 2.05) is 12.1 Å². The van der Waals surface area contributed by atoms with Crippen molar-refractivity contribution in [2.75, 3.05) is 44.7 Å². The maximum absolute atomic E-state index is 12.9. The molecule has 168 valence electrons. The van der Waals surface area contributed by atoms with E-state index in [4.69, 9.17) is 9.47 Å². The molecule has 0 aromatic heterocycles. The highest BCUT2D eigenvalue weighted by atomic mass is 16.6. The number of methoxy groups -OCH3 is 1. The fourth-order valence-electron chi connectivity index (χ4n) is 6.74. The number of allylic oxidation sites excluding steroid dienone is 1. The van der Waals surface area contributed by atoms with Gasteiger partial charge in [-0.05, 0) is 55.6 Å². The Bertz CT molecular complexity index is 847. The lowest BCUT2D eigenvalue weighted by atomic mass is 9.55. The number of benzene rings is 1. The molecule has 0 N–H and O–H groups in total. The lowest BCUT2D eigenvalue weighted by molar-refractivity contribution is -0.146. The van der Waals surface area contributed by atoms with E-state index in [9.17, 15) is 4.79 Å². The molecule has 0 radical (unpaired) electrons. The molecule has 5 atom stereocenters. The zero-order valence-corrected chi connectivity index (χ0v) is 19.0. The SMILES string of the molecule is C=C1CCC[C@@]2(C)C[C@H]3OC(=O)[C@@H](CN4CCN(c5cccc(OC)c5)CC4)[C@@H]3C[C@H]12. The minimum atomic E-state index is 0.0210. The molecule has 0 amide bonds. The number of esters is 1. The van der Waals surface area contributed by atoms with Crippen LogP contribution < -0.4 is 9.64 Å². The molecular weight excluding hydrogens is 388 g/mol. The standard InChI is InChI=1S/C26H36N2O3/c1-18-6-5-9-26(2)16-24-21(15-23(18)26)22(25(29)31-24)17-27-10-12-28(13-11-27)19-7-4-8-20(14-19)30-3/h4,7-8,14,21-24H,1,5-6,9-13,15-17H2,2-3H3/t21-,22-,23+,24+,26-/m0/s1. The van der Waals surface area contributed by atoms with Gasteiger partial charge in [0.15, 0.2) is 0 Å². The quantitative estimate of drug-likeness (QED) is 0.537. The Balaban J connectivity index is 1.22. The number of nitrogens with zero attached hydrogens (tertiary/aromatic N) is 2. The average Bonchev–Trinajstić information content (AvgIpc) is 3.06. The van der Waals surface area contributed by atoms with Crippen molar-refractivity contribution in [3.05, 3.63) is 36.4 Å². The van der Waals surface area contributed by atoms with E-state index in [-0.39, 0.29) is 23.4 Å². The second-order valence-electron chi connectivity index (χ2n) is 10.4. The molecule has 1 aromatic carbocycles. The first-order valence-electron chi connectivity index (χ1n) is 12.0. The van der Waals surface area contributed by atoms with Gasteiger partial charge < -0.3 is 14.4 Å². The van der Waals surface area contributed by atoms with Gasteiger partial charge in [0.2, 0.25) is 0 Å². The zero-order valence-electron chi connectivity index (χ0n) is 19.0. The Labute approximate surface area is 186 Å². The van der Waals surface area contributed by atoms with Crippen molar-refractivity contribution in [2.45, 2.75) is 45.1 Å². The Morgan fingerprint density at radius 3 is 2.84 bits per heavy atom. The summed E-state index contributed by atoms with van der Waals surface area (Å²) in [7, 11) is 1.71. The molecule has 5 nitrogen and oxygen atoms in total. The van der Waals surface area contributed by atoms with Crippen LogP contribution in [0.5, 0.6) is 5.75 Å². The van der Waals surface area contributed by atoms with Gasteiger partial charge in [0.25, 0.3) is 0 Å². The van der Waals surface area contributed by atoms with Gasteiger partial charge in [-0.1, -0.05) is 25.1 Å². The molecule has 0 spiro atoms. The predicted molar refractivity (Wildman–Crippen MR) is 122 cm³/mol. The number of piperazine rings is 1. The van der Waals surface area contributed by atoms with Gasteiger partial charge in [-0.3, -0.25) is 9.69 Å². The monoisotopic (exact) mass is 424 g/mol. The summed E-state index contributed by atoms with van der Waals surface area (Å²) < 4.78 is 11.3. The molecule has 2 heterocycles. The highest BCUT2D eigenvalue weighted by Gasteiger charge is 2.55. The Morgan fingerprint density at radius 2 is 2.06 bits per heavy atom. The van der Waals surface area contributed by atoms with Crippen LogP contribution in [0.15, 0.2) is 36.4 Å². The van der Waals surface area contributed by atoms with Crippen molar-refractivity contribution < 1.29 is 14.3 Å². The summed E-state index contributed by atoms with van der Waals surface area (Å²) in [5.41, 5.74) is 2.90. The maximum atomic E-state index is 12.9. The number of fused-ring (bicyclic) bond motifs is 2. The van der Waals surface area contributed by atoms with Crippen molar-refractivity contribution in [3.8, 4) is 5.75 Å². The average molecular weight is 425 g/mol. The van der Waals surface area contributed by atoms with E-state index in [2.05, 4.69) is 35.4 Å². The zero-order chi connectivity index (χ0) is 21.6.